The number of nitrogens with zero attached hydrogens (tertiary/aromatic N) is 5. The van der Waals surface area contributed by atoms with E-state index < -0.39 is 0 Å². The van der Waals surface area contributed by atoms with Crippen molar-refractivity contribution in [2.75, 3.05) is 18.0 Å². The Kier molecular flexibility index (Phi) is 4.23. The van der Waals surface area contributed by atoms with Crippen molar-refractivity contribution >= 4 is 5.95 Å². The monoisotopic (exact) mass is 215 g/mol. The second kappa shape index (κ2) is 5.67. The lowest BCUT2D eigenvalue weighted by atomic mass is 10.2. The Labute approximate surface area is 95.0 Å². The summed E-state index contributed by atoms with van der Waals surface area (Å²) in [6, 6.07) is 5.70. The molecule has 1 heterocycles. The van der Waals surface area contributed by atoms with Crippen LogP contribution in [0.2, 0.25) is 0 Å². The van der Waals surface area contributed by atoms with Crippen molar-refractivity contribution in [3.05, 3.63) is 18.0 Å². The molecule has 5 heteroatoms. The highest BCUT2D eigenvalue weighted by atomic mass is 15.2. The van der Waals surface area contributed by atoms with Crippen molar-refractivity contribution in [3.63, 3.8) is 0 Å². The van der Waals surface area contributed by atoms with Crippen molar-refractivity contribution in [1.29, 1.82) is 10.5 Å². The molecule has 1 atom stereocenters. The average Bonchev–Trinajstić information content (AvgIpc) is 2.35. The summed E-state index contributed by atoms with van der Waals surface area (Å²) in [5, 5.41) is 17.5. The molecule has 0 bridgehead atoms. The van der Waals surface area contributed by atoms with Crippen LogP contribution in [0.25, 0.3) is 0 Å². The van der Waals surface area contributed by atoms with Crippen LogP contribution >= 0.6 is 0 Å². The van der Waals surface area contributed by atoms with Crippen LogP contribution in [0.3, 0.4) is 0 Å². The molecule has 0 aliphatic carbocycles. The van der Waals surface area contributed by atoms with Crippen molar-refractivity contribution < 1.29 is 0 Å². The molecule has 0 aliphatic rings. The van der Waals surface area contributed by atoms with Gasteiger partial charge in [0.2, 0.25) is 5.95 Å². The molecule has 1 rings (SSSR count). The fourth-order valence-electron chi connectivity index (χ4n) is 1.29. The third-order valence-electron chi connectivity index (χ3n) is 2.14. The van der Waals surface area contributed by atoms with E-state index in [1.807, 2.05) is 24.8 Å². The van der Waals surface area contributed by atoms with Crippen LogP contribution in [0, 0.1) is 28.6 Å². The predicted octanol–water partition coefficient (Wildman–Crippen LogP) is 1.33. The van der Waals surface area contributed by atoms with Gasteiger partial charge in [0.05, 0.1) is 12.0 Å². The van der Waals surface area contributed by atoms with Crippen molar-refractivity contribution in [2.24, 2.45) is 5.92 Å². The normalized spacial score (nSPS) is 11.2. The van der Waals surface area contributed by atoms with Crippen LogP contribution in [0.1, 0.15) is 19.5 Å². The van der Waals surface area contributed by atoms with E-state index in [9.17, 15) is 0 Å². The van der Waals surface area contributed by atoms with Gasteiger partial charge in [0, 0.05) is 19.3 Å². The first-order chi connectivity index (χ1) is 7.71. The van der Waals surface area contributed by atoms with E-state index in [-0.39, 0.29) is 5.92 Å². The van der Waals surface area contributed by atoms with Gasteiger partial charge in [-0.1, -0.05) is 0 Å². The summed E-state index contributed by atoms with van der Waals surface area (Å²) in [7, 11) is 0. The van der Waals surface area contributed by atoms with Crippen LogP contribution in [0.4, 0.5) is 5.95 Å². The molecule has 0 radical (unpaired) electrons. The van der Waals surface area contributed by atoms with E-state index in [4.69, 9.17) is 10.5 Å². The molecule has 0 spiro atoms. The maximum Gasteiger partial charge on any atom is 0.226 e. The molecule has 0 amide bonds. The van der Waals surface area contributed by atoms with E-state index >= 15 is 0 Å². The molecular formula is C11H13N5. The summed E-state index contributed by atoms with van der Waals surface area (Å²) in [6.07, 6.45) is 1.56. The minimum Gasteiger partial charge on any atom is -0.340 e. The number of anilines is 1. The Morgan fingerprint density at radius 1 is 1.50 bits per heavy atom. The van der Waals surface area contributed by atoms with Gasteiger partial charge < -0.3 is 4.90 Å². The van der Waals surface area contributed by atoms with Gasteiger partial charge in [0.15, 0.2) is 0 Å². The first kappa shape index (κ1) is 11.9. The summed E-state index contributed by atoms with van der Waals surface area (Å²) in [5.41, 5.74) is 0.341. The highest BCUT2D eigenvalue weighted by Gasteiger charge is 2.11. The quantitative estimate of drug-likeness (QED) is 0.757. The van der Waals surface area contributed by atoms with Gasteiger partial charge >= 0.3 is 0 Å². The summed E-state index contributed by atoms with van der Waals surface area (Å²) in [4.78, 5) is 10.1. The number of rotatable bonds is 4. The zero-order valence-corrected chi connectivity index (χ0v) is 9.38. The predicted molar refractivity (Wildman–Crippen MR) is 59.4 cm³/mol. The molecule has 0 fully saturated rings. The lowest BCUT2D eigenvalue weighted by Crippen LogP contribution is -2.29. The number of hydrogen-bond donors (Lipinski definition) is 0. The third kappa shape index (κ3) is 2.93. The smallest absolute Gasteiger partial charge is 0.226 e. The molecule has 16 heavy (non-hydrogen) atoms. The zero-order chi connectivity index (χ0) is 12.0. The highest BCUT2D eigenvalue weighted by Crippen LogP contribution is 2.09. The molecule has 0 saturated carbocycles. The lowest BCUT2D eigenvalue weighted by Gasteiger charge is -2.21. The topological polar surface area (TPSA) is 76.6 Å². The van der Waals surface area contributed by atoms with E-state index in [0.717, 1.165) is 0 Å². The standard InChI is InChI=1S/C11H13N5/c1-3-16(8-9(2)6-12)11-14-5-4-10(7-13)15-11/h4-5,9H,3,8H2,1-2H3. The molecule has 1 aromatic rings. The Bertz CT molecular complexity index is 429. The highest BCUT2D eigenvalue weighted by molar-refractivity contribution is 5.33. The fraction of sp³-hybridized carbons (Fsp3) is 0.455. The Balaban J connectivity index is 2.88. The first-order valence-corrected chi connectivity index (χ1v) is 5.09. The largest absolute Gasteiger partial charge is 0.340 e. The zero-order valence-electron chi connectivity index (χ0n) is 9.38. The van der Waals surface area contributed by atoms with Crippen molar-refractivity contribution in [1.82, 2.24) is 9.97 Å². The molecule has 5 nitrogen and oxygen atoms in total. The van der Waals surface area contributed by atoms with Gasteiger partial charge in [0.25, 0.3) is 0 Å². The third-order valence-corrected chi connectivity index (χ3v) is 2.14. The average molecular weight is 215 g/mol. The second-order valence-electron chi connectivity index (χ2n) is 3.42. The molecule has 0 aliphatic heterocycles. The van der Waals surface area contributed by atoms with Crippen LogP contribution in [0.5, 0.6) is 0 Å². The van der Waals surface area contributed by atoms with Crippen LogP contribution in [0.15, 0.2) is 12.3 Å². The minimum atomic E-state index is -0.0886. The van der Waals surface area contributed by atoms with Gasteiger partial charge in [-0.2, -0.15) is 10.5 Å². The maximum atomic E-state index is 8.76. The van der Waals surface area contributed by atoms with Gasteiger partial charge in [-0.25, -0.2) is 9.97 Å². The lowest BCUT2D eigenvalue weighted by molar-refractivity contribution is 0.670. The van der Waals surface area contributed by atoms with E-state index in [0.29, 0.717) is 24.7 Å². The second-order valence-corrected chi connectivity index (χ2v) is 3.42. The first-order valence-electron chi connectivity index (χ1n) is 5.09. The molecule has 1 unspecified atom stereocenters. The molecule has 1 aromatic heterocycles. The number of nitriles is 2. The molecule has 0 aromatic carbocycles. The molecule has 82 valence electrons. The van der Waals surface area contributed by atoms with Gasteiger partial charge in [-0.15, -0.1) is 0 Å². The number of aromatic nitrogens is 2. The van der Waals surface area contributed by atoms with Crippen LogP contribution < -0.4 is 4.90 Å². The van der Waals surface area contributed by atoms with E-state index in [1.165, 1.54) is 0 Å². The maximum absolute atomic E-state index is 8.76. The molecular weight excluding hydrogens is 202 g/mol. The van der Waals surface area contributed by atoms with E-state index in [1.54, 1.807) is 12.3 Å². The Morgan fingerprint density at radius 2 is 2.25 bits per heavy atom. The minimum absolute atomic E-state index is 0.0886. The number of hydrogen-bond acceptors (Lipinski definition) is 5. The molecule has 0 N–H and O–H groups in total. The fourth-order valence-corrected chi connectivity index (χ4v) is 1.29. The Morgan fingerprint density at radius 3 is 2.81 bits per heavy atom. The SMILES string of the molecule is CCN(CC(C)C#N)c1nccc(C#N)n1. The van der Waals surface area contributed by atoms with Crippen molar-refractivity contribution in [2.45, 2.75) is 13.8 Å². The van der Waals surface area contributed by atoms with Crippen LogP contribution in [-0.2, 0) is 0 Å². The van der Waals surface area contributed by atoms with E-state index in [2.05, 4.69) is 16.0 Å². The summed E-state index contributed by atoms with van der Waals surface area (Å²) < 4.78 is 0. The van der Waals surface area contributed by atoms with Gasteiger partial charge in [0.1, 0.15) is 11.8 Å². The molecule has 0 saturated heterocycles. The summed E-state index contributed by atoms with van der Waals surface area (Å²) in [6.45, 7) is 5.09. The summed E-state index contributed by atoms with van der Waals surface area (Å²) in [5.74, 6) is 0.415. The van der Waals surface area contributed by atoms with Crippen LogP contribution in [-0.4, -0.2) is 23.1 Å². The van der Waals surface area contributed by atoms with Crippen molar-refractivity contribution in [3.8, 4) is 12.1 Å². The van der Waals surface area contributed by atoms with Gasteiger partial charge in [-0.3, -0.25) is 0 Å². The van der Waals surface area contributed by atoms with Gasteiger partial charge in [-0.05, 0) is 19.9 Å². The Hall–Kier alpha value is -2.14. The summed E-state index contributed by atoms with van der Waals surface area (Å²) >= 11 is 0.